The van der Waals surface area contributed by atoms with Gasteiger partial charge in [0.2, 0.25) is 5.91 Å². The molecule has 3 nitrogen and oxygen atoms in total. The van der Waals surface area contributed by atoms with Crippen molar-refractivity contribution in [1.82, 2.24) is 4.98 Å². The maximum Gasteiger partial charge on any atom is 0.416 e. The van der Waals surface area contributed by atoms with E-state index < -0.39 is 11.7 Å². The molecule has 0 spiro atoms. The molecule has 1 aromatic heterocycles. The number of amides is 1. The van der Waals surface area contributed by atoms with Crippen LogP contribution in [0, 0.1) is 13.8 Å². The number of carbonyl (C=O) groups excluding carboxylic acids is 1. The molecule has 27 heavy (non-hydrogen) atoms. The number of rotatable bonds is 4. The zero-order chi connectivity index (χ0) is 19.6. The molecule has 0 saturated carbocycles. The lowest BCUT2D eigenvalue weighted by Gasteiger charge is -2.07. The molecule has 0 aliphatic heterocycles. The Morgan fingerprint density at radius 2 is 1.78 bits per heavy atom. The van der Waals surface area contributed by atoms with Crippen LogP contribution in [-0.2, 0) is 17.4 Å². The summed E-state index contributed by atoms with van der Waals surface area (Å²) in [6, 6.07) is 10.5. The van der Waals surface area contributed by atoms with Gasteiger partial charge in [-0.25, -0.2) is 4.98 Å². The van der Waals surface area contributed by atoms with Gasteiger partial charge >= 0.3 is 6.18 Å². The van der Waals surface area contributed by atoms with Crippen molar-refractivity contribution in [3.63, 3.8) is 0 Å². The van der Waals surface area contributed by atoms with E-state index in [1.54, 1.807) is 5.38 Å². The number of hydrogen-bond donors (Lipinski definition) is 1. The normalized spacial score (nSPS) is 11.4. The Labute approximate surface area is 158 Å². The highest BCUT2D eigenvalue weighted by Crippen LogP contribution is 2.31. The zero-order valence-corrected chi connectivity index (χ0v) is 15.5. The predicted molar refractivity (Wildman–Crippen MR) is 101 cm³/mol. The molecule has 0 bridgehead atoms. The molecule has 0 fully saturated rings. The zero-order valence-electron chi connectivity index (χ0n) is 14.7. The summed E-state index contributed by atoms with van der Waals surface area (Å²) in [7, 11) is 0. The maximum absolute atomic E-state index is 12.6. The van der Waals surface area contributed by atoms with Crippen LogP contribution >= 0.6 is 11.3 Å². The molecule has 2 aromatic carbocycles. The number of alkyl halides is 3. The third-order valence-corrected chi connectivity index (χ3v) is 5.08. The maximum atomic E-state index is 12.6. The molecule has 3 aromatic rings. The van der Waals surface area contributed by atoms with Gasteiger partial charge in [0.05, 0.1) is 17.7 Å². The first-order valence-electron chi connectivity index (χ1n) is 8.21. The average Bonchev–Trinajstić information content (AvgIpc) is 3.06. The van der Waals surface area contributed by atoms with Crippen LogP contribution in [0.3, 0.4) is 0 Å². The molecule has 140 valence electrons. The summed E-state index contributed by atoms with van der Waals surface area (Å²) in [5.74, 6) is -0.192. The van der Waals surface area contributed by atoms with Gasteiger partial charge in [-0.1, -0.05) is 18.2 Å². The van der Waals surface area contributed by atoms with E-state index in [-0.39, 0.29) is 12.3 Å². The Kier molecular flexibility index (Phi) is 5.32. The molecule has 0 unspecified atom stereocenters. The summed E-state index contributed by atoms with van der Waals surface area (Å²) in [5.41, 5.74) is 3.43. The van der Waals surface area contributed by atoms with Crippen LogP contribution in [0.15, 0.2) is 47.8 Å². The van der Waals surface area contributed by atoms with Gasteiger partial charge in [0.25, 0.3) is 0 Å². The minimum absolute atomic E-state index is 0.101. The van der Waals surface area contributed by atoms with Crippen molar-refractivity contribution in [2.45, 2.75) is 26.4 Å². The number of anilines is 1. The van der Waals surface area contributed by atoms with Crippen molar-refractivity contribution in [2.24, 2.45) is 0 Å². The Balaban J connectivity index is 1.66. The standard InChI is InChI=1S/C20H17F3N2OS/c1-12-3-8-16(9-13(12)2)24-18(26)10-17-11-27-19(25-17)14-4-6-15(7-5-14)20(21,22)23/h3-9,11H,10H2,1-2H3,(H,24,26). The van der Waals surface area contributed by atoms with E-state index in [0.29, 0.717) is 16.3 Å². The SMILES string of the molecule is Cc1ccc(NC(=O)Cc2csc(-c3ccc(C(F)(F)F)cc3)n2)cc1C. The van der Waals surface area contributed by atoms with Crippen molar-refractivity contribution >= 4 is 22.9 Å². The van der Waals surface area contributed by atoms with Crippen molar-refractivity contribution in [3.8, 4) is 10.6 Å². The van der Waals surface area contributed by atoms with Gasteiger partial charge < -0.3 is 5.32 Å². The van der Waals surface area contributed by atoms with Crippen LogP contribution < -0.4 is 5.32 Å². The average molecular weight is 390 g/mol. The first-order valence-corrected chi connectivity index (χ1v) is 9.09. The van der Waals surface area contributed by atoms with E-state index in [4.69, 9.17) is 0 Å². The summed E-state index contributed by atoms with van der Waals surface area (Å²) >= 11 is 1.30. The van der Waals surface area contributed by atoms with Crippen molar-refractivity contribution in [1.29, 1.82) is 0 Å². The van der Waals surface area contributed by atoms with Crippen LogP contribution in [0.1, 0.15) is 22.4 Å². The Morgan fingerprint density at radius 3 is 2.41 bits per heavy atom. The first-order chi connectivity index (χ1) is 12.7. The Bertz CT molecular complexity index is 962. The summed E-state index contributed by atoms with van der Waals surface area (Å²) in [6.07, 6.45) is -4.26. The van der Waals surface area contributed by atoms with E-state index in [9.17, 15) is 18.0 Å². The summed E-state index contributed by atoms with van der Waals surface area (Å²) in [6.45, 7) is 3.97. The van der Waals surface area contributed by atoms with Crippen LogP contribution in [0.2, 0.25) is 0 Å². The molecule has 0 aliphatic carbocycles. The molecule has 0 atom stereocenters. The highest BCUT2D eigenvalue weighted by atomic mass is 32.1. The second kappa shape index (κ2) is 7.52. The van der Waals surface area contributed by atoms with Gasteiger partial charge in [-0.05, 0) is 49.2 Å². The van der Waals surface area contributed by atoms with Gasteiger partial charge in [-0.3, -0.25) is 4.79 Å². The molecule has 7 heteroatoms. The monoisotopic (exact) mass is 390 g/mol. The number of carbonyl (C=O) groups is 1. The van der Waals surface area contributed by atoms with Gasteiger partial charge in [-0.15, -0.1) is 11.3 Å². The number of halogens is 3. The molecular weight excluding hydrogens is 373 g/mol. The fraction of sp³-hybridized carbons (Fsp3) is 0.200. The highest BCUT2D eigenvalue weighted by Gasteiger charge is 2.30. The third kappa shape index (κ3) is 4.74. The lowest BCUT2D eigenvalue weighted by molar-refractivity contribution is -0.137. The fourth-order valence-corrected chi connectivity index (χ4v) is 3.34. The van der Waals surface area contributed by atoms with Crippen molar-refractivity contribution < 1.29 is 18.0 Å². The highest BCUT2D eigenvalue weighted by molar-refractivity contribution is 7.13. The molecular formula is C20H17F3N2OS. The topological polar surface area (TPSA) is 42.0 Å². The number of nitrogens with zero attached hydrogens (tertiary/aromatic N) is 1. The first kappa shape index (κ1) is 19.1. The number of nitrogens with one attached hydrogen (secondary N) is 1. The van der Waals surface area contributed by atoms with Crippen LogP contribution in [-0.4, -0.2) is 10.9 Å². The van der Waals surface area contributed by atoms with Crippen LogP contribution in [0.5, 0.6) is 0 Å². The number of aryl methyl sites for hydroxylation is 2. The van der Waals surface area contributed by atoms with Gasteiger partial charge in [0.1, 0.15) is 5.01 Å². The molecule has 1 heterocycles. The Hall–Kier alpha value is -2.67. The van der Waals surface area contributed by atoms with Crippen LogP contribution in [0.25, 0.3) is 10.6 Å². The lowest BCUT2D eigenvalue weighted by Crippen LogP contribution is -2.14. The molecule has 0 saturated heterocycles. The van der Waals surface area contributed by atoms with E-state index in [1.165, 1.54) is 23.5 Å². The summed E-state index contributed by atoms with van der Waals surface area (Å²) in [5, 5.41) is 5.16. The summed E-state index contributed by atoms with van der Waals surface area (Å²) < 4.78 is 37.9. The van der Waals surface area contributed by atoms with Gasteiger partial charge in [0.15, 0.2) is 0 Å². The van der Waals surface area contributed by atoms with Crippen LogP contribution in [0.4, 0.5) is 18.9 Å². The van der Waals surface area contributed by atoms with E-state index in [0.717, 1.165) is 28.9 Å². The largest absolute Gasteiger partial charge is 0.416 e. The van der Waals surface area contributed by atoms with Gasteiger partial charge in [0, 0.05) is 16.6 Å². The second-order valence-electron chi connectivity index (χ2n) is 6.24. The minimum atomic E-state index is -4.36. The molecule has 0 aliphatic rings. The molecule has 3 rings (SSSR count). The third-order valence-electron chi connectivity index (χ3n) is 4.14. The minimum Gasteiger partial charge on any atom is -0.326 e. The fourth-order valence-electron chi connectivity index (χ4n) is 2.51. The molecule has 1 amide bonds. The predicted octanol–water partition coefficient (Wildman–Crippen LogP) is 5.63. The lowest BCUT2D eigenvalue weighted by atomic mass is 10.1. The molecule has 0 radical (unpaired) electrons. The van der Waals surface area contributed by atoms with E-state index in [1.807, 2.05) is 32.0 Å². The second-order valence-corrected chi connectivity index (χ2v) is 7.10. The number of thiazole rings is 1. The number of hydrogen-bond acceptors (Lipinski definition) is 3. The molecule has 1 N–H and O–H groups in total. The van der Waals surface area contributed by atoms with E-state index >= 15 is 0 Å². The van der Waals surface area contributed by atoms with Crippen molar-refractivity contribution in [3.05, 3.63) is 70.2 Å². The quantitative estimate of drug-likeness (QED) is 0.628. The number of aromatic nitrogens is 1. The van der Waals surface area contributed by atoms with E-state index in [2.05, 4.69) is 10.3 Å². The Morgan fingerprint density at radius 1 is 1.07 bits per heavy atom. The van der Waals surface area contributed by atoms with Crippen molar-refractivity contribution in [2.75, 3.05) is 5.32 Å². The van der Waals surface area contributed by atoms with Gasteiger partial charge in [-0.2, -0.15) is 13.2 Å². The summed E-state index contributed by atoms with van der Waals surface area (Å²) in [4.78, 5) is 16.6. The number of benzene rings is 2. The smallest absolute Gasteiger partial charge is 0.326 e.